The van der Waals surface area contributed by atoms with Gasteiger partial charge in [-0.2, -0.15) is 0 Å². The van der Waals surface area contributed by atoms with Crippen molar-refractivity contribution in [2.45, 2.75) is 107 Å². The van der Waals surface area contributed by atoms with Gasteiger partial charge in [0.15, 0.2) is 0 Å². The maximum Gasteiger partial charge on any atom is 0.305 e. The van der Waals surface area contributed by atoms with E-state index in [4.69, 9.17) is 11.5 Å². The molecule has 0 aromatic carbocycles. The van der Waals surface area contributed by atoms with Crippen LogP contribution in [0.15, 0.2) is 0 Å². The van der Waals surface area contributed by atoms with Gasteiger partial charge in [0.05, 0.1) is 25.4 Å². The molecule has 0 radical (unpaired) electrons. The van der Waals surface area contributed by atoms with Crippen molar-refractivity contribution in [2.75, 3.05) is 11.5 Å². The molecule has 9 atom stereocenters. The summed E-state index contributed by atoms with van der Waals surface area (Å²) in [7, 11) is 1.50. The van der Waals surface area contributed by atoms with E-state index in [1.54, 1.807) is 0 Å². The van der Waals surface area contributed by atoms with Crippen LogP contribution in [-0.2, 0) is 62.3 Å². The molecule has 1 aliphatic heterocycles. The number of carbonyl (C=O) groups excluding carboxylic acids is 10. The first-order valence-electron chi connectivity index (χ1n) is 17.9. The first-order chi connectivity index (χ1) is 28.3. The zero-order valence-electron chi connectivity index (χ0n) is 32.7. The van der Waals surface area contributed by atoms with Crippen molar-refractivity contribution >= 4 is 98.6 Å². The minimum Gasteiger partial charge on any atom is -0.481 e. The molecule has 29 heteroatoms. The summed E-state index contributed by atoms with van der Waals surface area (Å²) in [5.41, 5.74) is 10.7. The minimum absolute atomic E-state index is 0.411. The van der Waals surface area contributed by atoms with Crippen molar-refractivity contribution in [2.24, 2.45) is 11.5 Å². The molecule has 0 aliphatic carbocycles. The Morgan fingerprint density at radius 3 is 1.61 bits per heavy atom. The van der Waals surface area contributed by atoms with E-state index < -0.39 is 175 Å². The van der Waals surface area contributed by atoms with Crippen LogP contribution >= 0.6 is 21.6 Å². The van der Waals surface area contributed by atoms with Crippen molar-refractivity contribution in [3.8, 4) is 0 Å². The third kappa shape index (κ3) is 19.6. The molecule has 0 saturated carbocycles. The van der Waals surface area contributed by atoms with Gasteiger partial charge in [0, 0.05) is 24.9 Å². The third-order valence-electron chi connectivity index (χ3n) is 8.06. The summed E-state index contributed by atoms with van der Waals surface area (Å²) >= 11 is 0. The van der Waals surface area contributed by atoms with Gasteiger partial charge in [-0.3, -0.25) is 62.3 Å². The Bertz CT molecular complexity index is 1730. The SMILES string of the molecule is CC(=O)N[C@H](C(=O)N[C@H]1CSSC[C@@H](C(N)=O)NC(=O)[C@H](CC(N)=O)NC(=O)[C@H](CC(=O)O)NC(=O)[C@H](CCC(=O)O)NC(=O)[C@H](C)NC(=O)[C@H](CC(=O)O)NC1=O)[C@@H](C)O. The monoisotopic (exact) mass is 908 g/mol. The maximum absolute atomic E-state index is 13.6. The van der Waals surface area contributed by atoms with Gasteiger partial charge in [0.2, 0.25) is 59.1 Å². The smallest absolute Gasteiger partial charge is 0.305 e. The van der Waals surface area contributed by atoms with Crippen LogP contribution in [0, 0.1) is 0 Å². The lowest BCUT2D eigenvalue weighted by Crippen LogP contribution is -2.61. The molecule has 61 heavy (non-hydrogen) atoms. The number of aliphatic hydroxyl groups excluding tert-OH is 1. The summed E-state index contributed by atoms with van der Waals surface area (Å²) in [6.45, 7) is 3.21. The highest BCUT2D eigenvalue weighted by Crippen LogP contribution is 2.23. The number of aliphatic hydroxyl groups is 1. The zero-order valence-corrected chi connectivity index (χ0v) is 34.3. The number of primary amides is 2. The number of hydrogen-bond donors (Lipinski definition) is 14. The molecule has 0 aromatic rings. The number of rotatable bonds is 14. The van der Waals surface area contributed by atoms with E-state index in [0.717, 1.165) is 42.4 Å². The van der Waals surface area contributed by atoms with Gasteiger partial charge in [0.1, 0.15) is 48.3 Å². The second-order valence-electron chi connectivity index (χ2n) is 13.3. The molecule has 0 aromatic heterocycles. The topological polar surface area (TPSA) is 451 Å². The Kier molecular flexibility index (Phi) is 22.0. The number of carboxylic acids is 3. The fourth-order valence-corrected chi connectivity index (χ4v) is 7.32. The molecular formula is C32H48N10O17S2. The quantitative estimate of drug-likeness (QED) is 0.0720. The molecule has 0 bridgehead atoms. The number of nitrogens with one attached hydrogen (secondary N) is 8. The van der Waals surface area contributed by atoms with E-state index in [-0.39, 0.29) is 0 Å². The van der Waals surface area contributed by atoms with Crippen molar-refractivity contribution in [3.05, 3.63) is 0 Å². The molecule has 340 valence electrons. The van der Waals surface area contributed by atoms with E-state index in [1.807, 2.05) is 10.6 Å². The predicted octanol–water partition coefficient (Wildman–Crippen LogP) is -7.14. The lowest BCUT2D eigenvalue weighted by atomic mass is 10.1. The molecule has 1 saturated heterocycles. The van der Waals surface area contributed by atoms with Crippen LogP contribution < -0.4 is 54.0 Å². The number of hydrogen-bond acceptors (Lipinski definition) is 16. The van der Waals surface area contributed by atoms with E-state index in [9.17, 15) is 82.8 Å². The highest BCUT2D eigenvalue weighted by molar-refractivity contribution is 8.76. The standard InChI is InChI=1S/C32H48N10O17S2/c1-11-26(53)37-14(4-5-21(46)47)27(54)39-17(8-23(50)51)30(57)38-15(6-20(33)45)29(56)41-18(25(34)52)9-60-61-10-19(42-32(59)24(12(2)43)36-13(3)44)31(58)40-16(7-22(48)49)28(55)35-11/h11-12,14-19,24,43H,4-10H2,1-3H3,(H2,33,45)(H2,34,52)(H,35,55)(H,36,44)(H,37,53)(H,38,57)(H,39,54)(H,40,58)(H,41,56)(H,42,59)(H,46,47)(H,48,49)(H,50,51)/t11-,12+,14-,15-,16-,17-,18-,19-,24-/m0/s1. The van der Waals surface area contributed by atoms with Gasteiger partial charge in [-0.15, -0.1) is 0 Å². The van der Waals surface area contributed by atoms with Crippen LogP contribution in [0.1, 0.15) is 52.9 Å². The number of amides is 10. The summed E-state index contributed by atoms with van der Waals surface area (Å²) in [6, 6.07) is -14.4. The summed E-state index contributed by atoms with van der Waals surface area (Å²) in [6.07, 6.45) is -6.21. The maximum atomic E-state index is 13.6. The van der Waals surface area contributed by atoms with Crippen molar-refractivity contribution < 1.29 is 82.8 Å². The molecular weight excluding hydrogens is 861 g/mol. The molecule has 1 aliphatic rings. The van der Waals surface area contributed by atoms with E-state index in [1.165, 1.54) is 0 Å². The highest BCUT2D eigenvalue weighted by Gasteiger charge is 2.36. The van der Waals surface area contributed by atoms with Crippen LogP contribution in [0.4, 0.5) is 0 Å². The van der Waals surface area contributed by atoms with Crippen molar-refractivity contribution in [3.63, 3.8) is 0 Å². The van der Waals surface area contributed by atoms with Crippen molar-refractivity contribution in [1.29, 1.82) is 0 Å². The summed E-state index contributed by atoms with van der Waals surface area (Å²) < 4.78 is 0. The highest BCUT2D eigenvalue weighted by atomic mass is 33.1. The van der Waals surface area contributed by atoms with E-state index >= 15 is 0 Å². The molecule has 1 rings (SSSR count). The summed E-state index contributed by atoms with van der Waals surface area (Å²) in [5, 5.41) is 55.4. The van der Waals surface area contributed by atoms with Gasteiger partial charge >= 0.3 is 17.9 Å². The van der Waals surface area contributed by atoms with E-state index in [2.05, 4.69) is 31.9 Å². The molecule has 1 heterocycles. The lowest BCUT2D eigenvalue weighted by molar-refractivity contribution is -0.142. The Balaban J connectivity index is 3.81. The number of carbonyl (C=O) groups is 13. The Morgan fingerprint density at radius 1 is 0.672 bits per heavy atom. The second kappa shape index (κ2) is 25.4. The van der Waals surface area contributed by atoms with Gasteiger partial charge in [0.25, 0.3) is 0 Å². The molecule has 16 N–H and O–H groups in total. The Labute approximate surface area is 353 Å². The van der Waals surface area contributed by atoms with Crippen LogP contribution in [0.5, 0.6) is 0 Å². The second-order valence-corrected chi connectivity index (χ2v) is 15.8. The first kappa shape index (κ1) is 52.8. The summed E-state index contributed by atoms with van der Waals surface area (Å²) in [5.74, 6) is -17.6. The zero-order chi connectivity index (χ0) is 46.7. The molecule has 10 amide bonds. The normalized spacial score (nSPS) is 25.0. The fourth-order valence-electron chi connectivity index (χ4n) is 4.98. The Hall–Kier alpha value is -6.23. The average molecular weight is 909 g/mol. The number of nitrogens with two attached hydrogens (primary N) is 2. The number of aliphatic carboxylic acids is 3. The minimum atomic E-state index is -2.06. The fraction of sp³-hybridized carbons (Fsp3) is 0.594. The molecule has 0 spiro atoms. The van der Waals surface area contributed by atoms with Crippen LogP contribution in [0.3, 0.4) is 0 Å². The van der Waals surface area contributed by atoms with Crippen molar-refractivity contribution in [1.82, 2.24) is 42.5 Å². The van der Waals surface area contributed by atoms with Gasteiger partial charge in [-0.05, 0) is 20.3 Å². The lowest BCUT2D eigenvalue weighted by Gasteiger charge is -2.26. The van der Waals surface area contributed by atoms with Crippen LogP contribution in [0.25, 0.3) is 0 Å². The van der Waals surface area contributed by atoms with Gasteiger partial charge in [-0.1, -0.05) is 21.6 Å². The largest absolute Gasteiger partial charge is 0.481 e. The molecule has 0 unspecified atom stereocenters. The predicted molar refractivity (Wildman–Crippen MR) is 208 cm³/mol. The molecule has 1 fully saturated rings. The van der Waals surface area contributed by atoms with E-state index in [0.29, 0.717) is 0 Å². The van der Waals surface area contributed by atoms with Gasteiger partial charge < -0.3 is 74.4 Å². The Morgan fingerprint density at radius 2 is 1.13 bits per heavy atom. The first-order valence-corrected chi connectivity index (χ1v) is 20.4. The van der Waals surface area contributed by atoms with Crippen LogP contribution in [-0.4, -0.2) is 163 Å². The average Bonchev–Trinajstić information content (AvgIpc) is 3.13. The summed E-state index contributed by atoms with van der Waals surface area (Å²) in [4.78, 5) is 164. The van der Waals surface area contributed by atoms with Crippen LogP contribution in [0.2, 0.25) is 0 Å². The molecule has 27 nitrogen and oxygen atoms in total. The van der Waals surface area contributed by atoms with Gasteiger partial charge in [-0.25, -0.2) is 0 Å². The number of carboxylic acid groups (broad SMARTS) is 3. The third-order valence-corrected chi connectivity index (χ3v) is 10.5.